The summed E-state index contributed by atoms with van der Waals surface area (Å²) >= 11 is 3.32. The molecule has 1 aromatic heterocycles. The molecule has 6 nitrogen and oxygen atoms in total. The summed E-state index contributed by atoms with van der Waals surface area (Å²) in [7, 11) is 0. The number of benzene rings is 2. The lowest BCUT2D eigenvalue weighted by Crippen LogP contribution is -2.34. The smallest absolute Gasteiger partial charge is 0.251 e. The van der Waals surface area contributed by atoms with Crippen molar-refractivity contribution in [2.24, 2.45) is 0 Å². The summed E-state index contributed by atoms with van der Waals surface area (Å²) in [5.41, 5.74) is 2.75. The molecule has 0 fully saturated rings. The first-order valence-electron chi connectivity index (χ1n) is 7.38. The highest BCUT2D eigenvalue weighted by Gasteiger charge is 2.08. The topological polar surface area (TPSA) is 86.9 Å². The number of fused-ring (bicyclic) bond motifs is 1. The van der Waals surface area contributed by atoms with Gasteiger partial charge in [-0.25, -0.2) is 4.98 Å². The molecule has 24 heavy (non-hydrogen) atoms. The van der Waals surface area contributed by atoms with Gasteiger partial charge in [0, 0.05) is 28.7 Å². The average molecular weight is 387 g/mol. The van der Waals surface area contributed by atoms with Gasteiger partial charge in [-0.3, -0.25) is 9.59 Å². The van der Waals surface area contributed by atoms with Gasteiger partial charge in [0.1, 0.15) is 0 Å². The zero-order valence-electron chi connectivity index (χ0n) is 12.7. The number of rotatable bonds is 5. The molecule has 0 unspecified atom stereocenters. The van der Waals surface area contributed by atoms with Gasteiger partial charge in [0.25, 0.3) is 11.8 Å². The first-order valence-corrected chi connectivity index (χ1v) is 8.18. The molecule has 0 aliphatic carbocycles. The molecular formula is C17H15BrN4O2. The Bertz CT molecular complexity index is 874. The molecule has 122 valence electrons. The molecule has 1 heterocycles. The van der Waals surface area contributed by atoms with Crippen LogP contribution in [0.25, 0.3) is 11.0 Å². The highest BCUT2D eigenvalue weighted by atomic mass is 79.9. The second kappa shape index (κ2) is 7.27. The van der Waals surface area contributed by atoms with Gasteiger partial charge in [0.15, 0.2) is 0 Å². The van der Waals surface area contributed by atoms with E-state index >= 15 is 0 Å². The summed E-state index contributed by atoms with van der Waals surface area (Å²) in [4.78, 5) is 31.1. The zero-order valence-corrected chi connectivity index (χ0v) is 14.3. The van der Waals surface area contributed by atoms with Gasteiger partial charge < -0.3 is 15.6 Å². The molecule has 2 aromatic carbocycles. The minimum absolute atomic E-state index is 0.171. The van der Waals surface area contributed by atoms with E-state index in [1.165, 1.54) is 0 Å². The molecule has 0 bridgehead atoms. The van der Waals surface area contributed by atoms with Crippen LogP contribution in [0.5, 0.6) is 0 Å². The van der Waals surface area contributed by atoms with Crippen molar-refractivity contribution in [3.05, 3.63) is 64.4 Å². The predicted molar refractivity (Wildman–Crippen MR) is 94.9 cm³/mol. The molecule has 0 aliphatic rings. The van der Waals surface area contributed by atoms with Crippen molar-refractivity contribution < 1.29 is 9.59 Å². The van der Waals surface area contributed by atoms with Gasteiger partial charge >= 0.3 is 0 Å². The van der Waals surface area contributed by atoms with Crippen LogP contribution in [-0.2, 0) is 0 Å². The highest BCUT2D eigenvalue weighted by Crippen LogP contribution is 2.11. The third kappa shape index (κ3) is 3.80. The number of carbonyl (C=O) groups excluding carboxylic acids is 2. The minimum Gasteiger partial charge on any atom is -0.350 e. The lowest BCUT2D eigenvalue weighted by Gasteiger charge is -2.07. The third-order valence-corrected chi connectivity index (χ3v) is 4.01. The van der Waals surface area contributed by atoms with Crippen molar-refractivity contribution in [3.63, 3.8) is 0 Å². The van der Waals surface area contributed by atoms with Crippen LogP contribution in [0.1, 0.15) is 20.7 Å². The summed E-state index contributed by atoms with van der Waals surface area (Å²) < 4.78 is 0.917. The number of amides is 2. The standard InChI is InChI=1S/C17H15BrN4O2/c18-13-4-1-11(2-5-13)16(23)19-7-8-20-17(24)12-3-6-14-15(9-12)22-10-21-14/h1-6,9-10H,7-8H2,(H,19,23)(H,20,24)(H,21,22). The van der Waals surface area contributed by atoms with E-state index in [1.807, 2.05) is 12.1 Å². The lowest BCUT2D eigenvalue weighted by atomic mass is 10.2. The van der Waals surface area contributed by atoms with E-state index in [-0.39, 0.29) is 11.8 Å². The summed E-state index contributed by atoms with van der Waals surface area (Å²) in [6.07, 6.45) is 1.59. The molecule has 0 aliphatic heterocycles. The Hall–Kier alpha value is -2.67. The first-order chi connectivity index (χ1) is 11.6. The number of hydrogen-bond acceptors (Lipinski definition) is 3. The maximum atomic E-state index is 12.1. The van der Waals surface area contributed by atoms with Crippen LogP contribution >= 0.6 is 15.9 Å². The maximum Gasteiger partial charge on any atom is 0.251 e. The molecule has 0 spiro atoms. The second-order valence-corrected chi connectivity index (χ2v) is 6.07. The number of halogens is 1. The number of nitrogens with one attached hydrogen (secondary N) is 3. The third-order valence-electron chi connectivity index (χ3n) is 3.48. The molecule has 0 saturated heterocycles. The fourth-order valence-electron chi connectivity index (χ4n) is 2.23. The van der Waals surface area contributed by atoms with Gasteiger partial charge in [0.05, 0.1) is 17.4 Å². The van der Waals surface area contributed by atoms with Gasteiger partial charge in [-0.1, -0.05) is 15.9 Å². The second-order valence-electron chi connectivity index (χ2n) is 5.15. The molecule has 0 radical (unpaired) electrons. The van der Waals surface area contributed by atoms with E-state index < -0.39 is 0 Å². The monoisotopic (exact) mass is 386 g/mol. The molecule has 3 N–H and O–H groups in total. The quantitative estimate of drug-likeness (QED) is 0.588. The van der Waals surface area contributed by atoms with Crippen LogP contribution in [0, 0.1) is 0 Å². The fraction of sp³-hybridized carbons (Fsp3) is 0.118. The first kappa shape index (κ1) is 16.2. The molecule has 0 saturated carbocycles. The Kier molecular flexibility index (Phi) is 4.90. The summed E-state index contributed by atoms with van der Waals surface area (Å²) in [5, 5.41) is 5.54. The van der Waals surface area contributed by atoms with Crippen molar-refractivity contribution in [3.8, 4) is 0 Å². The number of nitrogens with zero attached hydrogens (tertiary/aromatic N) is 1. The Labute approximate surface area is 146 Å². The molecular weight excluding hydrogens is 372 g/mol. The van der Waals surface area contributed by atoms with Gasteiger partial charge in [-0.2, -0.15) is 0 Å². The summed E-state index contributed by atoms with van der Waals surface area (Å²) in [6, 6.07) is 12.3. The van der Waals surface area contributed by atoms with Crippen molar-refractivity contribution in [1.82, 2.24) is 20.6 Å². The largest absolute Gasteiger partial charge is 0.350 e. The number of aromatic amines is 1. The molecule has 7 heteroatoms. The minimum atomic E-state index is -0.190. The van der Waals surface area contributed by atoms with Crippen LogP contribution < -0.4 is 10.6 Å². The normalized spacial score (nSPS) is 10.5. The Morgan fingerprint density at radius 3 is 2.29 bits per heavy atom. The van der Waals surface area contributed by atoms with Crippen LogP contribution in [0.3, 0.4) is 0 Å². The van der Waals surface area contributed by atoms with Crippen LogP contribution in [-0.4, -0.2) is 34.9 Å². The van der Waals surface area contributed by atoms with Gasteiger partial charge in [-0.15, -0.1) is 0 Å². The van der Waals surface area contributed by atoms with Crippen LogP contribution in [0.15, 0.2) is 53.3 Å². The molecule has 3 rings (SSSR count). The van der Waals surface area contributed by atoms with E-state index in [0.717, 1.165) is 15.5 Å². The number of aromatic nitrogens is 2. The van der Waals surface area contributed by atoms with Crippen LogP contribution in [0.4, 0.5) is 0 Å². The van der Waals surface area contributed by atoms with E-state index in [1.54, 1.807) is 36.7 Å². The van der Waals surface area contributed by atoms with E-state index in [4.69, 9.17) is 0 Å². The lowest BCUT2D eigenvalue weighted by molar-refractivity contribution is 0.0927. The number of imidazole rings is 1. The van der Waals surface area contributed by atoms with Crippen molar-refractivity contribution in [2.75, 3.05) is 13.1 Å². The average Bonchev–Trinajstić information content (AvgIpc) is 3.06. The van der Waals surface area contributed by atoms with E-state index in [9.17, 15) is 9.59 Å². The highest BCUT2D eigenvalue weighted by molar-refractivity contribution is 9.10. The Balaban J connectivity index is 1.48. The Morgan fingerprint density at radius 2 is 1.58 bits per heavy atom. The summed E-state index contributed by atoms with van der Waals surface area (Å²) in [6.45, 7) is 0.703. The van der Waals surface area contributed by atoms with Crippen molar-refractivity contribution in [1.29, 1.82) is 0 Å². The SMILES string of the molecule is O=C(NCCNC(=O)c1ccc2nc[nH]c2c1)c1ccc(Br)cc1. The number of H-pyrrole nitrogens is 1. The molecule has 3 aromatic rings. The molecule has 2 amide bonds. The van der Waals surface area contributed by atoms with E-state index in [0.29, 0.717) is 24.2 Å². The van der Waals surface area contributed by atoms with Gasteiger partial charge in [-0.05, 0) is 42.5 Å². The maximum absolute atomic E-state index is 12.1. The summed E-state index contributed by atoms with van der Waals surface area (Å²) in [5.74, 6) is -0.361. The zero-order chi connectivity index (χ0) is 16.9. The van der Waals surface area contributed by atoms with Crippen molar-refractivity contribution >= 4 is 38.8 Å². The van der Waals surface area contributed by atoms with E-state index in [2.05, 4.69) is 36.5 Å². The number of carbonyl (C=O) groups is 2. The fourth-order valence-corrected chi connectivity index (χ4v) is 2.50. The predicted octanol–water partition coefficient (Wildman–Crippen LogP) is 2.49. The number of hydrogen-bond donors (Lipinski definition) is 3. The van der Waals surface area contributed by atoms with Crippen LogP contribution in [0.2, 0.25) is 0 Å². The molecule has 0 atom stereocenters. The van der Waals surface area contributed by atoms with Crippen molar-refractivity contribution in [2.45, 2.75) is 0 Å². The van der Waals surface area contributed by atoms with Gasteiger partial charge in [0.2, 0.25) is 0 Å². The Morgan fingerprint density at radius 1 is 0.958 bits per heavy atom.